The maximum atomic E-state index is 13.3. The first-order valence-corrected chi connectivity index (χ1v) is 6.06. The van der Waals surface area contributed by atoms with Gasteiger partial charge in [0, 0.05) is 18.3 Å². The number of hydrogen-bond donors (Lipinski definition) is 2. The number of rotatable bonds is 3. The second kappa shape index (κ2) is 5.02. The van der Waals surface area contributed by atoms with Gasteiger partial charge in [0.15, 0.2) is 0 Å². The molecule has 0 amide bonds. The lowest BCUT2D eigenvalue weighted by Crippen LogP contribution is -2.33. The van der Waals surface area contributed by atoms with Crippen molar-refractivity contribution in [3.05, 3.63) is 29.6 Å². The molecule has 1 fully saturated rings. The smallest absolute Gasteiger partial charge is 0.123 e. The van der Waals surface area contributed by atoms with Crippen molar-refractivity contribution in [1.82, 2.24) is 0 Å². The standard InChI is InChI=1S/C13H19FN2O/c1-9(15)12-7-10(14)4-5-13(12)16-6-2-3-11(16)8-17/h4-5,7,9,11,17H,2-3,6,8,15H2,1H3/t9-,11?/m1/s1. The second-order valence-corrected chi connectivity index (χ2v) is 4.66. The normalized spacial score (nSPS) is 21.9. The molecule has 1 aliphatic rings. The Morgan fingerprint density at radius 2 is 2.35 bits per heavy atom. The van der Waals surface area contributed by atoms with Gasteiger partial charge in [0.1, 0.15) is 5.82 Å². The molecule has 1 unspecified atom stereocenters. The maximum Gasteiger partial charge on any atom is 0.123 e. The molecular weight excluding hydrogens is 219 g/mol. The highest BCUT2D eigenvalue weighted by Gasteiger charge is 2.26. The zero-order valence-corrected chi connectivity index (χ0v) is 10.1. The van der Waals surface area contributed by atoms with Gasteiger partial charge in [0.25, 0.3) is 0 Å². The lowest BCUT2D eigenvalue weighted by molar-refractivity contribution is 0.266. The van der Waals surface area contributed by atoms with Crippen LogP contribution in [0.15, 0.2) is 18.2 Å². The Hall–Kier alpha value is -1.13. The van der Waals surface area contributed by atoms with Crippen LogP contribution in [0.1, 0.15) is 31.4 Å². The molecule has 0 aromatic heterocycles. The molecule has 0 aliphatic carbocycles. The molecule has 0 radical (unpaired) electrons. The fraction of sp³-hybridized carbons (Fsp3) is 0.538. The molecule has 3 N–H and O–H groups in total. The number of aliphatic hydroxyl groups is 1. The van der Waals surface area contributed by atoms with Crippen molar-refractivity contribution < 1.29 is 9.50 Å². The summed E-state index contributed by atoms with van der Waals surface area (Å²) in [6, 6.07) is 4.64. The molecule has 3 nitrogen and oxygen atoms in total. The van der Waals surface area contributed by atoms with E-state index in [0.717, 1.165) is 30.6 Å². The van der Waals surface area contributed by atoms with Crippen molar-refractivity contribution in [2.75, 3.05) is 18.1 Å². The highest BCUT2D eigenvalue weighted by atomic mass is 19.1. The number of hydrogen-bond acceptors (Lipinski definition) is 3. The zero-order valence-electron chi connectivity index (χ0n) is 10.1. The van der Waals surface area contributed by atoms with Gasteiger partial charge in [0.05, 0.1) is 12.6 Å². The van der Waals surface area contributed by atoms with Gasteiger partial charge in [-0.05, 0) is 43.5 Å². The number of nitrogens with zero attached hydrogens (tertiary/aromatic N) is 1. The van der Waals surface area contributed by atoms with E-state index in [9.17, 15) is 9.50 Å². The largest absolute Gasteiger partial charge is 0.394 e. The van der Waals surface area contributed by atoms with Crippen LogP contribution in [-0.4, -0.2) is 24.3 Å². The zero-order chi connectivity index (χ0) is 12.4. The first kappa shape index (κ1) is 12.3. The first-order valence-electron chi connectivity index (χ1n) is 6.06. The molecule has 0 bridgehead atoms. The summed E-state index contributed by atoms with van der Waals surface area (Å²) in [5, 5.41) is 9.33. The highest BCUT2D eigenvalue weighted by molar-refractivity contribution is 5.56. The Balaban J connectivity index is 2.37. The van der Waals surface area contributed by atoms with E-state index in [1.165, 1.54) is 12.1 Å². The van der Waals surface area contributed by atoms with Crippen LogP contribution in [0.5, 0.6) is 0 Å². The first-order chi connectivity index (χ1) is 8.13. The molecule has 1 saturated heterocycles. The molecule has 2 atom stereocenters. The number of aliphatic hydroxyl groups excluding tert-OH is 1. The molecule has 94 valence electrons. The summed E-state index contributed by atoms with van der Waals surface area (Å²) in [6.07, 6.45) is 2.03. The van der Waals surface area contributed by atoms with E-state index in [0.29, 0.717) is 0 Å². The summed E-state index contributed by atoms with van der Waals surface area (Å²) >= 11 is 0. The quantitative estimate of drug-likeness (QED) is 0.844. The Bertz CT molecular complexity index is 395. The van der Waals surface area contributed by atoms with E-state index in [-0.39, 0.29) is 24.5 Å². The van der Waals surface area contributed by atoms with Gasteiger partial charge in [-0.15, -0.1) is 0 Å². The Morgan fingerprint density at radius 3 is 3.00 bits per heavy atom. The third-order valence-electron chi connectivity index (χ3n) is 3.38. The predicted molar refractivity (Wildman–Crippen MR) is 66.5 cm³/mol. The summed E-state index contributed by atoms with van der Waals surface area (Å²) in [5.41, 5.74) is 7.65. The minimum atomic E-state index is -0.263. The van der Waals surface area contributed by atoms with Gasteiger partial charge in [-0.1, -0.05) is 0 Å². The third-order valence-corrected chi connectivity index (χ3v) is 3.38. The molecule has 0 spiro atoms. The molecule has 1 aliphatic heterocycles. The molecule has 0 saturated carbocycles. The van der Waals surface area contributed by atoms with Crippen LogP contribution in [0, 0.1) is 5.82 Å². The van der Waals surface area contributed by atoms with Gasteiger partial charge >= 0.3 is 0 Å². The topological polar surface area (TPSA) is 49.5 Å². The molecule has 2 rings (SSSR count). The maximum absolute atomic E-state index is 13.3. The molecule has 1 heterocycles. The van der Waals surface area contributed by atoms with Crippen molar-refractivity contribution in [3.8, 4) is 0 Å². The lowest BCUT2D eigenvalue weighted by atomic mass is 10.0. The van der Waals surface area contributed by atoms with E-state index >= 15 is 0 Å². The van der Waals surface area contributed by atoms with E-state index < -0.39 is 0 Å². The van der Waals surface area contributed by atoms with Gasteiger partial charge in [0.2, 0.25) is 0 Å². The van der Waals surface area contributed by atoms with Crippen molar-refractivity contribution in [2.24, 2.45) is 5.73 Å². The summed E-state index contributed by atoms with van der Waals surface area (Å²) in [4.78, 5) is 2.14. The lowest BCUT2D eigenvalue weighted by Gasteiger charge is -2.28. The Kier molecular flexibility index (Phi) is 3.64. The summed E-state index contributed by atoms with van der Waals surface area (Å²) in [7, 11) is 0. The van der Waals surface area contributed by atoms with Crippen molar-refractivity contribution >= 4 is 5.69 Å². The van der Waals surface area contributed by atoms with E-state index in [4.69, 9.17) is 5.73 Å². The molecular formula is C13H19FN2O. The van der Waals surface area contributed by atoms with Gasteiger partial charge in [-0.3, -0.25) is 0 Å². The molecule has 1 aromatic rings. The molecule has 17 heavy (non-hydrogen) atoms. The average Bonchev–Trinajstić information content (AvgIpc) is 2.76. The van der Waals surface area contributed by atoms with Crippen molar-refractivity contribution in [2.45, 2.75) is 31.8 Å². The van der Waals surface area contributed by atoms with Crippen LogP contribution in [0.4, 0.5) is 10.1 Å². The van der Waals surface area contributed by atoms with Crippen LogP contribution >= 0.6 is 0 Å². The summed E-state index contributed by atoms with van der Waals surface area (Å²) < 4.78 is 13.3. The Labute approximate surface area is 101 Å². The molecule has 1 aromatic carbocycles. The minimum absolute atomic E-state index is 0.135. The number of anilines is 1. The minimum Gasteiger partial charge on any atom is -0.394 e. The van der Waals surface area contributed by atoms with Gasteiger partial charge in [-0.2, -0.15) is 0 Å². The van der Waals surface area contributed by atoms with E-state index in [1.807, 2.05) is 6.92 Å². The fourth-order valence-corrected chi connectivity index (χ4v) is 2.49. The Morgan fingerprint density at radius 1 is 1.59 bits per heavy atom. The SMILES string of the molecule is C[C@@H](N)c1cc(F)ccc1N1CCCC1CO. The number of halogens is 1. The predicted octanol–water partition coefficient (Wildman–Crippen LogP) is 1.81. The summed E-state index contributed by atoms with van der Waals surface area (Å²) in [5.74, 6) is -0.263. The summed E-state index contributed by atoms with van der Waals surface area (Å²) in [6.45, 7) is 2.88. The fourth-order valence-electron chi connectivity index (χ4n) is 2.49. The van der Waals surface area contributed by atoms with Gasteiger partial charge < -0.3 is 15.7 Å². The second-order valence-electron chi connectivity index (χ2n) is 4.66. The average molecular weight is 238 g/mol. The van der Waals surface area contributed by atoms with E-state index in [1.54, 1.807) is 6.07 Å². The van der Waals surface area contributed by atoms with E-state index in [2.05, 4.69) is 4.90 Å². The van der Waals surface area contributed by atoms with Crippen molar-refractivity contribution in [3.63, 3.8) is 0 Å². The highest BCUT2D eigenvalue weighted by Crippen LogP contribution is 2.31. The third kappa shape index (κ3) is 2.42. The van der Waals surface area contributed by atoms with Crippen LogP contribution in [0.25, 0.3) is 0 Å². The van der Waals surface area contributed by atoms with Crippen molar-refractivity contribution in [1.29, 1.82) is 0 Å². The number of benzene rings is 1. The molecule has 4 heteroatoms. The van der Waals surface area contributed by atoms with Crippen LogP contribution in [-0.2, 0) is 0 Å². The number of nitrogens with two attached hydrogens (primary N) is 1. The van der Waals surface area contributed by atoms with Crippen LogP contribution in [0.3, 0.4) is 0 Å². The van der Waals surface area contributed by atoms with Crippen LogP contribution in [0.2, 0.25) is 0 Å². The van der Waals surface area contributed by atoms with Gasteiger partial charge in [-0.25, -0.2) is 4.39 Å². The van der Waals surface area contributed by atoms with Crippen LogP contribution < -0.4 is 10.6 Å². The monoisotopic (exact) mass is 238 g/mol.